The van der Waals surface area contributed by atoms with E-state index >= 15 is 0 Å². The molecule has 0 radical (unpaired) electrons. The van der Waals surface area contributed by atoms with E-state index in [1.807, 2.05) is 57.2 Å². The Morgan fingerprint density at radius 1 is 1.14 bits per heavy atom. The van der Waals surface area contributed by atoms with Gasteiger partial charge in [0.05, 0.1) is 19.2 Å². The van der Waals surface area contributed by atoms with Crippen molar-refractivity contribution in [2.45, 2.75) is 78.9 Å². The van der Waals surface area contributed by atoms with Crippen LogP contribution in [-0.4, -0.2) is 76.0 Å². The van der Waals surface area contributed by atoms with Crippen LogP contribution >= 0.6 is 0 Å². The fraction of sp³-hybridized carbons (Fsp3) is 0.615. The summed E-state index contributed by atoms with van der Waals surface area (Å²) in [6, 6.07) is 10.5. The molecule has 9 heteroatoms. The van der Waals surface area contributed by atoms with E-state index in [9.17, 15) is 14.4 Å². The Bertz CT molecular complexity index is 841. The van der Waals surface area contributed by atoms with Crippen LogP contribution in [0.1, 0.15) is 65.9 Å². The number of amides is 4. The van der Waals surface area contributed by atoms with Gasteiger partial charge in [0.1, 0.15) is 18.8 Å². The Morgan fingerprint density at radius 2 is 1.77 bits per heavy atom. The first-order valence-electron chi connectivity index (χ1n) is 12.7. The van der Waals surface area contributed by atoms with Crippen molar-refractivity contribution >= 4 is 17.8 Å². The third-order valence-corrected chi connectivity index (χ3v) is 5.65. The Kier molecular flexibility index (Phi) is 13.4. The van der Waals surface area contributed by atoms with Crippen LogP contribution in [0.2, 0.25) is 0 Å². The van der Waals surface area contributed by atoms with Gasteiger partial charge in [-0.3, -0.25) is 9.59 Å². The maximum absolute atomic E-state index is 13.3. The topological polar surface area (TPSA) is 114 Å². The number of urea groups is 1. The number of hydrogen-bond donors (Lipinski definition) is 1. The highest BCUT2D eigenvalue weighted by Crippen LogP contribution is 2.28. The Hall–Kier alpha value is -3.12. The number of hydrazine groups is 1. The minimum Gasteiger partial charge on any atom is -0.350 e. The molecule has 2 aliphatic rings. The number of hydrogen-bond acceptors (Lipinski definition) is 5. The molecule has 35 heavy (non-hydrogen) atoms. The lowest BCUT2D eigenvalue weighted by atomic mass is 10.0. The van der Waals surface area contributed by atoms with Gasteiger partial charge in [-0.2, -0.15) is 10.3 Å². The van der Waals surface area contributed by atoms with E-state index in [-0.39, 0.29) is 31.4 Å². The molecule has 2 fully saturated rings. The van der Waals surface area contributed by atoms with E-state index in [0.29, 0.717) is 19.4 Å². The molecule has 0 bridgehead atoms. The number of fused-ring (bicyclic) bond motifs is 1. The molecule has 3 rings (SSSR count). The van der Waals surface area contributed by atoms with Crippen molar-refractivity contribution in [2.24, 2.45) is 5.73 Å². The molecule has 0 spiro atoms. The van der Waals surface area contributed by atoms with Crippen molar-refractivity contribution in [2.75, 3.05) is 26.2 Å². The number of nitrogens with zero attached hydrogens (tertiary/aromatic N) is 5. The lowest BCUT2D eigenvalue weighted by molar-refractivity contribution is -0.188. The number of primary amides is 1. The molecule has 9 nitrogen and oxygen atoms in total. The van der Waals surface area contributed by atoms with Crippen LogP contribution in [0.3, 0.4) is 0 Å². The molecule has 0 aromatic heterocycles. The van der Waals surface area contributed by atoms with Crippen LogP contribution in [0, 0.1) is 11.3 Å². The summed E-state index contributed by atoms with van der Waals surface area (Å²) in [5.74, 6) is -0.355. The first-order chi connectivity index (χ1) is 16.9. The summed E-state index contributed by atoms with van der Waals surface area (Å²) in [7, 11) is 0. The zero-order chi connectivity index (χ0) is 26.4. The van der Waals surface area contributed by atoms with Gasteiger partial charge in [-0.1, -0.05) is 84.2 Å². The first kappa shape index (κ1) is 29.9. The van der Waals surface area contributed by atoms with Crippen molar-refractivity contribution in [3.63, 3.8) is 0 Å². The normalized spacial score (nSPS) is 19.6. The third-order valence-electron chi connectivity index (χ3n) is 5.65. The lowest BCUT2D eigenvalue weighted by Gasteiger charge is -2.54. The largest absolute Gasteiger partial charge is 0.350 e. The molecule has 0 aliphatic carbocycles. The minimum absolute atomic E-state index is 0.0952. The molecule has 2 atom stereocenters. The van der Waals surface area contributed by atoms with Crippen molar-refractivity contribution in [3.8, 4) is 6.07 Å². The van der Waals surface area contributed by atoms with Crippen LogP contribution in [0.4, 0.5) is 4.79 Å². The standard InChI is InChI=1S/C21H28N6O3.C3H8.C2H6/c1-2-3-9-17-20(29)24(12-10-16-7-5-4-6-8-16)14-18-26(17)19(28)15-25(13-11-22)27(18)21(23)30;1-3-2;1-2/h4-8,17-18H,2-3,9-10,12-15H2,1H3,(H2,23,30);3H2,1-2H3;1-2H3/t17-,18?;;/m0../s1. The summed E-state index contributed by atoms with van der Waals surface area (Å²) in [6.07, 6.45) is 3.43. The van der Waals surface area contributed by atoms with E-state index in [4.69, 9.17) is 11.0 Å². The molecular formula is C26H42N6O3. The van der Waals surface area contributed by atoms with Gasteiger partial charge >= 0.3 is 6.03 Å². The number of benzene rings is 1. The predicted molar refractivity (Wildman–Crippen MR) is 137 cm³/mol. The number of carbonyl (C=O) groups excluding carboxylic acids is 3. The number of nitrogens with two attached hydrogens (primary N) is 1. The molecular weight excluding hydrogens is 444 g/mol. The summed E-state index contributed by atoms with van der Waals surface area (Å²) in [4.78, 5) is 41.7. The molecule has 194 valence electrons. The Balaban J connectivity index is 0.00000114. The zero-order valence-corrected chi connectivity index (χ0v) is 21.9. The van der Waals surface area contributed by atoms with Gasteiger partial charge in [-0.05, 0) is 18.4 Å². The molecule has 2 N–H and O–H groups in total. The van der Waals surface area contributed by atoms with Crippen LogP contribution < -0.4 is 5.73 Å². The van der Waals surface area contributed by atoms with E-state index in [1.54, 1.807) is 4.90 Å². The van der Waals surface area contributed by atoms with Crippen LogP contribution in [-0.2, 0) is 16.0 Å². The fourth-order valence-electron chi connectivity index (χ4n) is 4.22. The van der Waals surface area contributed by atoms with Gasteiger partial charge in [0.15, 0.2) is 0 Å². The van der Waals surface area contributed by atoms with Gasteiger partial charge in [0.2, 0.25) is 11.8 Å². The van der Waals surface area contributed by atoms with Gasteiger partial charge in [-0.15, -0.1) is 0 Å². The molecule has 0 saturated carbocycles. The monoisotopic (exact) mass is 486 g/mol. The van der Waals surface area contributed by atoms with E-state index in [1.165, 1.54) is 21.3 Å². The van der Waals surface area contributed by atoms with Crippen molar-refractivity contribution in [1.29, 1.82) is 5.26 Å². The van der Waals surface area contributed by atoms with Crippen molar-refractivity contribution < 1.29 is 14.4 Å². The SMILES string of the molecule is CC.CCC.CCCC[C@H]1C(=O)N(CCc2ccccc2)CC2N1C(=O)CN(CC#N)N2C(N)=O. The molecule has 2 heterocycles. The predicted octanol–water partition coefficient (Wildman–Crippen LogP) is 3.36. The first-order valence-corrected chi connectivity index (χ1v) is 12.7. The van der Waals surface area contributed by atoms with Crippen LogP contribution in [0.25, 0.3) is 0 Å². The van der Waals surface area contributed by atoms with E-state index < -0.39 is 18.2 Å². The highest BCUT2D eigenvalue weighted by atomic mass is 16.2. The molecule has 2 saturated heterocycles. The number of nitriles is 1. The second-order valence-corrected chi connectivity index (χ2v) is 8.33. The molecule has 1 aromatic rings. The van der Waals surface area contributed by atoms with Crippen LogP contribution in [0.15, 0.2) is 30.3 Å². The Morgan fingerprint density at radius 3 is 2.31 bits per heavy atom. The number of piperazine rings is 1. The van der Waals surface area contributed by atoms with Gasteiger partial charge in [0, 0.05) is 6.54 Å². The van der Waals surface area contributed by atoms with E-state index in [0.717, 1.165) is 18.4 Å². The van der Waals surface area contributed by atoms with Crippen molar-refractivity contribution in [3.05, 3.63) is 35.9 Å². The second-order valence-electron chi connectivity index (χ2n) is 8.33. The summed E-state index contributed by atoms with van der Waals surface area (Å²) in [6.45, 7) is 10.7. The molecule has 1 aromatic carbocycles. The Labute approximate surface area is 210 Å². The van der Waals surface area contributed by atoms with E-state index in [2.05, 4.69) is 13.8 Å². The lowest BCUT2D eigenvalue weighted by Crippen LogP contribution is -2.76. The summed E-state index contributed by atoms with van der Waals surface area (Å²) >= 11 is 0. The zero-order valence-electron chi connectivity index (χ0n) is 21.9. The summed E-state index contributed by atoms with van der Waals surface area (Å²) in [5.41, 5.74) is 6.73. The quantitative estimate of drug-likeness (QED) is 0.594. The van der Waals surface area contributed by atoms with Crippen LogP contribution in [0.5, 0.6) is 0 Å². The molecule has 1 unspecified atom stereocenters. The maximum atomic E-state index is 13.3. The second kappa shape index (κ2) is 15.7. The molecule has 2 aliphatic heterocycles. The van der Waals surface area contributed by atoms with Gasteiger partial charge < -0.3 is 15.5 Å². The molecule has 4 amide bonds. The smallest absolute Gasteiger partial charge is 0.331 e. The average molecular weight is 487 g/mol. The number of carbonyl (C=O) groups is 3. The van der Waals surface area contributed by atoms with Gasteiger partial charge in [-0.25, -0.2) is 9.80 Å². The minimum atomic E-state index is -0.737. The maximum Gasteiger partial charge on any atom is 0.331 e. The van der Waals surface area contributed by atoms with Gasteiger partial charge in [0.25, 0.3) is 0 Å². The third kappa shape index (κ3) is 7.96. The number of unbranched alkanes of at least 4 members (excludes halogenated alkanes) is 1. The highest BCUT2D eigenvalue weighted by Gasteiger charge is 2.50. The number of rotatable bonds is 7. The highest BCUT2D eigenvalue weighted by molar-refractivity contribution is 5.91. The van der Waals surface area contributed by atoms with Crippen molar-refractivity contribution in [1.82, 2.24) is 19.8 Å². The average Bonchev–Trinajstić information content (AvgIpc) is 2.85. The summed E-state index contributed by atoms with van der Waals surface area (Å²) < 4.78 is 0. The summed E-state index contributed by atoms with van der Waals surface area (Å²) in [5, 5.41) is 11.8. The fourth-order valence-corrected chi connectivity index (χ4v) is 4.22.